The number of pyridine rings is 1. The van der Waals surface area contributed by atoms with E-state index in [1.807, 2.05) is 6.92 Å². The molecule has 0 unspecified atom stereocenters. The van der Waals surface area contributed by atoms with Crippen LogP contribution >= 0.6 is 15.9 Å². The van der Waals surface area contributed by atoms with Crippen molar-refractivity contribution in [3.63, 3.8) is 0 Å². The second-order valence-electron chi connectivity index (χ2n) is 4.41. The van der Waals surface area contributed by atoms with Crippen LogP contribution in [0, 0.1) is 13.8 Å². The molecule has 20 heavy (non-hydrogen) atoms. The van der Waals surface area contributed by atoms with E-state index in [-0.39, 0.29) is 16.4 Å². The minimum atomic E-state index is -3.74. The SMILES string of the molecule is Cc1ccc(S(=O)(=O)Nc2ccc(Br)c(C)n2)c(N)c1. The minimum absolute atomic E-state index is 0.0467. The molecule has 0 spiro atoms. The number of anilines is 2. The molecule has 0 radical (unpaired) electrons. The molecule has 0 atom stereocenters. The summed E-state index contributed by atoms with van der Waals surface area (Å²) in [5.74, 6) is 0.255. The number of hydrogen-bond donors (Lipinski definition) is 2. The van der Waals surface area contributed by atoms with Gasteiger partial charge in [-0.3, -0.25) is 4.72 Å². The molecule has 3 N–H and O–H groups in total. The van der Waals surface area contributed by atoms with Crippen molar-refractivity contribution < 1.29 is 8.42 Å². The minimum Gasteiger partial charge on any atom is -0.398 e. The van der Waals surface area contributed by atoms with Gasteiger partial charge in [-0.15, -0.1) is 0 Å². The summed E-state index contributed by atoms with van der Waals surface area (Å²) in [5.41, 5.74) is 7.58. The Labute approximate surface area is 126 Å². The number of rotatable bonds is 3. The third-order valence-electron chi connectivity index (χ3n) is 2.72. The lowest BCUT2D eigenvalue weighted by Gasteiger charge is -2.10. The standard InChI is InChI=1S/C13H14BrN3O2S/c1-8-3-5-12(11(15)7-8)20(18,19)17-13-6-4-10(14)9(2)16-13/h3-7H,15H2,1-2H3,(H,16,17). The quantitative estimate of drug-likeness (QED) is 0.829. The van der Waals surface area contributed by atoms with Crippen LogP contribution in [0.2, 0.25) is 0 Å². The van der Waals surface area contributed by atoms with Gasteiger partial charge in [0.05, 0.1) is 11.4 Å². The predicted molar refractivity (Wildman–Crippen MR) is 83.1 cm³/mol. The smallest absolute Gasteiger partial charge is 0.265 e. The molecule has 0 saturated carbocycles. The molecular weight excluding hydrogens is 342 g/mol. The highest BCUT2D eigenvalue weighted by Gasteiger charge is 2.18. The van der Waals surface area contributed by atoms with Crippen molar-refractivity contribution in [1.82, 2.24) is 4.98 Å². The lowest BCUT2D eigenvalue weighted by atomic mass is 10.2. The predicted octanol–water partition coefficient (Wildman–Crippen LogP) is 2.84. The molecule has 5 nitrogen and oxygen atoms in total. The van der Waals surface area contributed by atoms with E-state index in [0.717, 1.165) is 10.0 Å². The van der Waals surface area contributed by atoms with Gasteiger partial charge < -0.3 is 5.73 Å². The van der Waals surface area contributed by atoms with Crippen LogP contribution < -0.4 is 10.5 Å². The first-order valence-corrected chi connectivity index (χ1v) is 8.09. The second-order valence-corrected chi connectivity index (χ2v) is 6.92. The second kappa shape index (κ2) is 5.41. The Kier molecular flexibility index (Phi) is 4.01. The largest absolute Gasteiger partial charge is 0.398 e. The van der Waals surface area contributed by atoms with E-state index in [2.05, 4.69) is 25.6 Å². The zero-order valence-corrected chi connectivity index (χ0v) is 13.4. The van der Waals surface area contributed by atoms with E-state index < -0.39 is 10.0 Å². The number of hydrogen-bond acceptors (Lipinski definition) is 4. The lowest BCUT2D eigenvalue weighted by molar-refractivity contribution is 0.601. The van der Waals surface area contributed by atoms with E-state index in [1.54, 1.807) is 31.2 Å². The maximum Gasteiger partial charge on any atom is 0.265 e. The normalized spacial score (nSPS) is 11.3. The van der Waals surface area contributed by atoms with Gasteiger partial charge >= 0.3 is 0 Å². The van der Waals surface area contributed by atoms with Gasteiger partial charge in [-0.1, -0.05) is 6.07 Å². The third kappa shape index (κ3) is 3.10. The molecule has 2 aromatic rings. The van der Waals surface area contributed by atoms with Crippen LogP contribution in [0.15, 0.2) is 39.7 Å². The van der Waals surface area contributed by atoms with Gasteiger partial charge in [-0.25, -0.2) is 13.4 Å². The number of benzene rings is 1. The average molecular weight is 356 g/mol. The van der Waals surface area contributed by atoms with Gasteiger partial charge in [0.15, 0.2) is 0 Å². The van der Waals surface area contributed by atoms with Gasteiger partial charge in [-0.2, -0.15) is 0 Å². The molecular formula is C13H14BrN3O2S. The van der Waals surface area contributed by atoms with Gasteiger partial charge in [0.1, 0.15) is 10.7 Å². The van der Waals surface area contributed by atoms with Crippen molar-refractivity contribution in [3.8, 4) is 0 Å². The highest BCUT2D eigenvalue weighted by Crippen LogP contribution is 2.23. The molecule has 2 rings (SSSR count). The number of nitrogens with one attached hydrogen (secondary N) is 1. The molecule has 1 aromatic carbocycles. The Balaban J connectivity index is 2.38. The summed E-state index contributed by atoms with van der Waals surface area (Å²) in [6.07, 6.45) is 0. The molecule has 0 fully saturated rings. The molecule has 0 aliphatic heterocycles. The molecule has 0 aliphatic rings. The molecule has 1 aromatic heterocycles. The van der Waals surface area contributed by atoms with Crippen molar-refractivity contribution in [2.45, 2.75) is 18.7 Å². The summed E-state index contributed by atoms with van der Waals surface area (Å²) in [6, 6.07) is 8.12. The molecule has 0 bridgehead atoms. The van der Waals surface area contributed by atoms with E-state index in [9.17, 15) is 8.42 Å². The fourth-order valence-electron chi connectivity index (χ4n) is 1.71. The van der Waals surface area contributed by atoms with E-state index >= 15 is 0 Å². The fraction of sp³-hybridized carbons (Fsp3) is 0.154. The van der Waals surface area contributed by atoms with Crippen LogP contribution in [0.1, 0.15) is 11.3 Å². The molecule has 7 heteroatoms. The lowest BCUT2D eigenvalue weighted by Crippen LogP contribution is -2.16. The van der Waals surface area contributed by atoms with E-state index in [4.69, 9.17) is 5.73 Å². The van der Waals surface area contributed by atoms with Crippen molar-refractivity contribution in [1.29, 1.82) is 0 Å². The first-order chi connectivity index (χ1) is 9.29. The summed E-state index contributed by atoms with van der Waals surface area (Å²) in [6.45, 7) is 3.63. The van der Waals surface area contributed by atoms with Crippen LogP contribution in [-0.2, 0) is 10.0 Å². The fourth-order valence-corrected chi connectivity index (χ4v) is 3.04. The van der Waals surface area contributed by atoms with Crippen LogP contribution in [0.25, 0.3) is 0 Å². The van der Waals surface area contributed by atoms with Crippen molar-refractivity contribution >= 4 is 37.5 Å². The van der Waals surface area contributed by atoms with E-state index in [1.165, 1.54) is 6.07 Å². The third-order valence-corrected chi connectivity index (χ3v) is 4.98. The van der Waals surface area contributed by atoms with Crippen LogP contribution in [0.4, 0.5) is 11.5 Å². The van der Waals surface area contributed by atoms with Crippen molar-refractivity contribution in [2.75, 3.05) is 10.5 Å². The van der Waals surface area contributed by atoms with Crippen LogP contribution in [-0.4, -0.2) is 13.4 Å². The Morgan fingerprint density at radius 2 is 1.90 bits per heavy atom. The summed E-state index contributed by atoms with van der Waals surface area (Å²) in [5, 5.41) is 0. The number of nitrogens with two attached hydrogens (primary N) is 1. The first-order valence-electron chi connectivity index (χ1n) is 5.82. The van der Waals surface area contributed by atoms with Gasteiger partial charge in [0.2, 0.25) is 0 Å². The number of nitrogen functional groups attached to an aromatic ring is 1. The Hall–Kier alpha value is -1.60. The monoisotopic (exact) mass is 355 g/mol. The van der Waals surface area contributed by atoms with Gasteiger partial charge in [-0.05, 0) is 59.6 Å². The van der Waals surface area contributed by atoms with Gasteiger partial charge in [0.25, 0.3) is 10.0 Å². The number of nitrogens with zero attached hydrogens (tertiary/aromatic N) is 1. The average Bonchev–Trinajstić information content (AvgIpc) is 2.33. The molecule has 0 aliphatic carbocycles. The van der Waals surface area contributed by atoms with E-state index in [0.29, 0.717) is 5.69 Å². The van der Waals surface area contributed by atoms with Crippen LogP contribution in [0.3, 0.4) is 0 Å². The van der Waals surface area contributed by atoms with Crippen molar-refractivity contribution in [3.05, 3.63) is 46.1 Å². The Bertz CT molecular complexity index is 760. The zero-order chi connectivity index (χ0) is 14.9. The molecule has 0 saturated heterocycles. The summed E-state index contributed by atoms with van der Waals surface area (Å²) in [7, 11) is -3.74. The number of aromatic nitrogens is 1. The van der Waals surface area contributed by atoms with Crippen LogP contribution in [0.5, 0.6) is 0 Å². The Morgan fingerprint density at radius 1 is 1.20 bits per heavy atom. The Morgan fingerprint density at radius 3 is 2.50 bits per heavy atom. The summed E-state index contributed by atoms with van der Waals surface area (Å²) < 4.78 is 27.8. The number of aryl methyl sites for hydroxylation is 2. The first kappa shape index (κ1) is 14.8. The van der Waals surface area contributed by atoms with Crippen molar-refractivity contribution in [2.24, 2.45) is 0 Å². The molecule has 0 amide bonds. The maximum atomic E-state index is 12.3. The highest BCUT2D eigenvalue weighted by molar-refractivity contribution is 9.10. The molecule has 1 heterocycles. The molecule has 106 valence electrons. The summed E-state index contributed by atoms with van der Waals surface area (Å²) >= 11 is 3.31. The number of sulfonamides is 1. The topological polar surface area (TPSA) is 85.1 Å². The summed E-state index contributed by atoms with van der Waals surface area (Å²) in [4.78, 5) is 4.20. The van der Waals surface area contributed by atoms with Gasteiger partial charge in [0, 0.05) is 4.47 Å². The zero-order valence-electron chi connectivity index (χ0n) is 11.0. The highest BCUT2D eigenvalue weighted by atomic mass is 79.9. The number of halogens is 1. The maximum absolute atomic E-state index is 12.3.